The molecule has 3 aromatic rings. The number of hydrogen-bond acceptors (Lipinski definition) is 5. The number of sulfone groups is 1. The molecule has 0 atom stereocenters. The monoisotopic (exact) mass is 452 g/mol. The van der Waals surface area contributed by atoms with Gasteiger partial charge in [-0.1, -0.05) is 37.5 Å². The Hall–Kier alpha value is -2.93. The molecule has 0 bridgehead atoms. The molecule has 168 valence electrons. The molecule has 1 amide bonds. The fourth-order valence-corrected chi connectivity index (χ4v) is 6.80. The van der Waals surface area contributed by atoms with E-state index in [0.29, 0.717) is 31.6 Å². The molecule has 0 unspecified atom stereocenters. The molecule has 6 nitrogen and oxygen atoms in total. The summed E-state index contributed by atoms with van der Waals surface area (Å²) >= 11 is 0. The van der Waals surface area contributed by atoms with Crippen LogP contribution in [0.2, 0.25) is 0 Å². The lowest BCUT2D eigenvalue weighted by Crippen LogP contribution is -2.49. The second-order valence-corrected chi connectivity index (χ2v) is 10.9. The molecule has 1 fully saturated rings. The Morgan fingerprint density at radius 1 is 1.03 bits per heavy atom. The number of carbonyl (C=O) groups excluding carboxylic acids is 1. The zero-order valence-corrected chi connectivity index (χ0v) is 19.1. The molecule has 0 spiro atoms. The van der Waals surface area contributed by atoms with Gasteiger partial charge in [0.15, 0.2) is 9.84 Å². The van der Waals surface area contributed by atoms with E-state index in [4.69, 9.17) is 4.74 Å². The van der Waals surface area contributed by atoms with Gasteiger partial charge >= 0.3 is 0 Å². The van der Waals surface area contributed by atoms with Crippen molar-refractivity contribution in [2.45, 2.75) is 48.4 Å². The molecule has 0 aliphatic heterocycles. The second-order valence-electron chi connectivity index (χ2n) is 8.51. The van der Waals surface area contributed by atoms with Gasteiger partial charge < -0.3 is 9.64 Å². The Bertz CT molecular complexity index is 1180. The molecular weight excluding hydrogens is 424 g/mol. The van der Waals surface area contributed by atoms with Crippen molar-refractivity contribution in [2.75, 3.05) is 13.6 Å². The number of ether oxygens (including phenoxy) is 1. The van der Waals surface area contributed by atoms with Crippen LogP contribution in [-0.4, -0.2) is 43.1 Å². The number of para-hydroxylation sites is 1. The molecule has 1 saturated carbocycles. The number of aromatic nitrogens is 1. The maximum Gasteiger partial charge on any atom is 0.209 e. The summed E-state index contributed by atoms with van der Waals surface area (Å²) in [7, 11) is -1.97. The van der Waals surface area contributed by atoms with E-state index < -0.39 is 14.6 Å². The van der Waals surface area contributed by atoms with Gasteiger partial charge in [-0.05, 0) is 49.2 Å². The minimum Gasteiger partial charge on any atom is -0.489 e. The summed E-state index contributed by atoms with van der Waals surface area (Å²) < 4.78 is 32.2. The Morgan fingerprint density at radius 3 is 2.47 bits per heavy atom. The van der Waals surface area contributed by atoms with Gasteiger partial charge in [0.1, 0.15) is 12.4 Å². The first-order valence-electron chi connectivity index (χ1n) is 10.9. The molecule has 0 saturated heterocycles. The third-order valence-corrected chi connectivity index (χ3v) is 8.89. The topological polar surface area (TPSA) is 76.6 Å². The van der Waals surface area contributed by atoms with Crippen LogP contribution in [0, 0.1) is 0 Å². The number of carbonyl (C=O) groups is 1. The van der Waals surface area contributed by atoms with E-state index in [1.807, 2.05) is 30.3 Å². The smallest absolute Gasteiger partial charge is 0.209 e. The van der Waals surface area contributed by atoms with Crippen LogP contribution in [0.25, 0.3) is 10.9 Å². The van der Waals surface area contributed by atoms with Gasteiger partial charge in [-0.25, -0.2) is 8.42 Å². The van der Waals surface area contributed by atoms with Crippen molar-refractivity contribution in [3.05, 3.63) is 66.4 Å². The van der Waals surface area contributed by atoms with Gasteiger partial charge in [0.2, 0.25) is 6.41 Å². The summed E-state index contributed by atoms with van der Waals surface area (Å²) in [6.07, 6.45) is 6.34. The molecule has 0 N–H and O–H groups in total. The first-order valence-corrected chi connectivity index (χ1v) is 12.4. The third kappa shape index (κ3) is 4.35. The Kier molecular flexibility index (Phi) is 6.46. The number of pyridine rings is 1. The zero-order chi connectivity index (χ0) is 22.6. The molecule has 1 aromatic heterocycles. The van der Waals surface area contributed by atoms with Gasteiger partial charge in [-0.2, -0.15) is 0 Å². The van der Waals surface area contributed by atoms with E-state index in [-0.39, 0.29) is 11.4 Å². The van der Waals surface area contributed by atoms with Crippen LogP contribution < -0.4 is 4.74 Å². The number of fused-ring (bicyclic) bond motifs is 1. The van der Waals surface area contributed by atoms with Gasteiger partial charge in [-0.3, -0.25) is 9.78 Å². The predicted octanol–water partition coefficient (Wildman–Crippen LogP) is 4.38. The van der Waals surface area contributed by atoms with Gasteiger partial charge in [0, 0.05) is 30.7 Å². The van der Waals surface area contributed by atoms with Crippen molar-refractivity contribution < 1.29 is 17.9 Å². The molecule has 4 rings (SSSR count). The Morgan fingerprint density at radius 2 is 1.75 bits per heavy atom. The lowest BCUT2D eigenvalue weighted by molar-refractivity contribution is -0.117. The number of rotatable bonds is 8. The van der Waals surface area contributed by atoms with Crippen molar-refractivity contribution in [1.82, 2.24) is 9.88 Å². The SMILES string of the molecule is CN(C=O)CC1(S(=O)(=O)c2ccc(OCc3ccnc4ccccc34)cc2)CCCCC1. The van der Waals surface area contributed by atoms with Crippen LogP contribution in [-0.2, 0) is 21.2 Å². The number of benzene rings is 2. The fraction of sp³-hybridized carbons (Fsp3) is 0.360. The van der Waals surface area contributed by atoms with Crippen LogP contribution >= 0.6 is 0 Å². The van der Waals surface area contributed by atoms with Crippen molar-refractivity contribution in [3.8, 4) is 5.75 Å². The maximum atomic E-state index is 13.6. The van der Waals surface area contributed by atoms with E-state index in [1.165, 1.54) is 4.90 Å². The Labute approximate surface area is 189 Å². The normalized spacial score (nSPS) is 15.9. The van der Waals surface area contributed by atoms with Crippen LogP contribution in [0.4, 0.5) is 0 Å². The lowest BCUT2D eigenvalue weighted by Gasteiger charge is -2.38. The average Bonchev–Trinajstić information content (AvgIpc) is 2.83. The van der Waals surface area contributed by atoms with Crippen molar-refractivity contribution >= 4 is 27.2 Å². The lowest BCUT2D eigenvalue weighted by atomic mass is 9.88. The van der Waals surface area contributed by atoms with Crippen molar-refractivity contribution in [2.24, 2.45) is 0 Å². The highest BCUT2D eigenvalue weighted by Gasteiger charge is 2.46. The van der Waals surface area contributed by atoms with E-state index in [1.54, 1.807) is 37.5 Å². The van der Waals surface area contributed by atoms with Gasteiger partial charge in [0.05, 0.1) is 15.2 Å². The number of nitrogens with zero attached hydrogens (tertiary/aromatic N) is 2. The molecule has 1 heterocycles. The van der Waals surface area contributed by atoms with E-state index in [9.17, 15) is 13.2 Å². The first kappa shape index (κ1) is 22.3. The van der Waals surface area contributed by atoms with Crippen LogP contribution in [0.5, 0.6) is 5.75 Å². The molecular formula is C25H28N2O4S. The summed E-state index contributed by atoms with van der Waals surface area (Å²) in [4.78, 5) is 17.3. The molecule has 1 aliphatic rings. The summed E-state index contributed by atoms with van der Waals surface area (Å²) in [5, 5.41) is 1.03. The van der Waals surface area contributed by atoms with E-state index in [0.717, 1.165) is 35.7 Å². The van der Waals surface area contributed by atoms with Crippen LogP contribution in [0.15, 0.2) is 65.7 Å². The number of amides is 1. The zero-order valence-electron chi connectivity index (χ0n) is 18.2. The minimum atomic E-state index is -3.61. The highest BCUT2D eigenvalue weighted by molar-refractivity contribution is 7.92. The quantitative estimate of drug-likeness (QED) is 0.474. The summed E-state index contributed by atoms with van der Waals surface area (Å²) in [6.45, 7) is 0.579. The minimum absolute atomic E-state index is 0.214. The molecule has 0 radical (unpaired) electrons. The van der Waals surface area contributed by atoms with Crippen LogP contribution in [0.3, 0.4) is 0 Å². The third-order valence-electron chi connectivity index (χ3n) is 6.32. The largest absolute Gasteiger partial charge is 0.489 e. The molecule has 1 aliphatic carbocycles. The van der Waals surface area contributed by atoms with E-state index in [2.05, 4.69) is 4.98 Å². The highest BCUT2D eigenvalue weighted by Crippen LogP contribution is 2.39. The fourth-order valence-electron chi connectivity index (χ4n) is 4.61. The summed E-state index contributed by atoms with van der Waals surface area (Å²) in [5.74, 6) is 0.604. The second kappa shape index (κ2) is 9.28. The van der Waals surface area contributed by atoms with Gasteiger partial charge in [0.25, 0.3) is 0 Å². The Balaban J connectivity index is 1.53. The predicted molar refractivity (Wildman–Crippen MR) is 124 cm³/mol. The van der Waals surface area contributed by atoms with Gasteiger partial charge in [-0.15, -0.1) is 0 Å². The summed E-state index contributed by atoms with van der Waals surface area (Å²) in [6, 6.07) is 16.5. The maximum absolute atomic E-state index is 13.6. The van der Waals surface area contributed by atoms with Crippen LogP contribution in [0.1, 0.15) is 37.7 Å². The van der Waals surface area contributed by atoms with Crippen molar-refractivity contribution in [1.29, 1.82) is 0 Å². The molecule has 7 heteroatoms. The molecule has 32 heavy (non-hydrogen) atoms. The summed E-state index contributed by atoms with van der Waals surface area (Å²) in [5.41, 5.74) is 1.93. The molecule has 2 aromatic carbocycles. The standard InChI is InChI=1S/C25H28N2O4S/c1-27(19-28)18-25(14-5-2-6-15-25)32(29,30)22-11-9-21(10-12-22)31-17-20-13-16-26-24-8-4-3-7-23(20)24/h3-4,7-13,16,19H,2,5-6,14-15,17-18H2,1H3. The first-order chi connectivity index (χ1) is 15.4. The highest BCUT2D eigenvalue weighted by atomic mass is 32.2. The average molecular weight is 453 g/mol. The van der Waals surface area contributed by atoms with E-state index >= 15 is 0 Å². The number of hydrogen-bond donors (Lipinski definition) is 0. The van der Waals surface area contributed by atoms with Crippen molar-refractivity contribution in [3.63, 3.8) is 0 Å².